The van der Waals surface area contributed by atoms with Crippen molar-refractivity contribution in [3.8, 4) is 0 Å². The summed E-state index contributed by atoms with van der Waals surface area (Å²) < 4.78 is 86.8. The molecule has 0 radical (unpaired) electrons. The molecule has 0 N–H and O–H groups in total. The number of alkyl halides is 3. The molecule has 2 atom stereocenters. The molecular formula is C25H17Cl2F5N2O3S. The molecule has 3 aromatic carbocycles. The molecule has 4 rings (SSSR count). The topological polar surface area (TPSA) is 68.1 Å². The number of hydrogen-bond acceptors (Lipinski definition) is 4. The lowest BCUT2D eigenvalue weighted by atomic mass is 9.86. The van der Waals surface area contributed by atoms with Crippen LogP contribution in [0.5, 0.6) is 0 Å². The maximum absolute atomic E-state index is 14.2. The minimum absolute atomic E-state index is 0.0297. The lowest BCUT2D eigenvalue weighted by molar-refractivity contribution is -0.275. The smallest absolute Gasteiger partial charge is 0.374 e. The highest BCUT2D eigenvalue weighted by atomic mass is 35.5. The van der Waals surface area contributed by atoms with Gasteiger partial charge in [-0.25, -0.2) is 13.0 Å². The van der Waals surface area contributed by atoms with Crippen molar-refractivity contribution in [2.75, 3.05) is 6.26 Å². The molecule has 13 heteroatoms. The number of amides is 1. The van der Waals surface area contributed by atoms with Crippen molar-refractivity contribution in [2.45, 2.75) is 30.0 Å². The quantitative estimate of drug-likeness (QED) is 0.234. The normalized spacial score (nSPS) is 18.9. The third-order valence-electron chi connectivity index (χ3n) is 5.92. The van der Waals surface area contributed by atoms with E-state index < -0.39 is 61.1 Å². The zero-order chi connectivity index (χ0) is 28.0. The van der Waals surface area contributed by atoms with Crippen molar-refractivity contribution in [1.82, 2.24) is 0 Å². The summed E-state index contributed by atoms with van der Waals surface area (Å²) >= 11 is 11.4. The van der Waals surface area contributed by atoms with Crippen LogP contribution in [0.25, 0.3) is 0 Å². The van der Waals surface area contributed by atoms with Crippen LogP contribution in [-0.2, 0) is 20.2 Å². The molecule has 3 aromatic rings. The molecule has 0 fully saturated rings. The van der Waals surface area contributed by atoms with Gasteiger partial charge in [-0.15, -0.1) is 0 Å². The summed E-state index contributed by atoms with van der Waals surface area (Å²) in [5.74, 6) is -2.56. The zero-order valence-corrected chi connectivity index (χ0v) is 21.9. The number of carbonyl (C=O) groups is 1. The van der Waals surface area contributed by atoms with E-state index in [-0.39, 0.29) is 21.7 Å². The van der Waals surface area contributed by atoms with Crippen LogP contribution in [-0.4, -0.2) is 28.3 Å². The molecule has 0 spiro atoms. The largest absolute Gasteiger partial charge is 0.435 e. The SMILES string of the molecule is Cc1cc(C2=NOC(c3cc(Cl)c(F)c(Cl)c3)(C(F)(F)F)C2)ccc1C(=O)N=S(C)(=O)c1cccc(F)c1. The molecule has 38 heavy (non-hydrogen) atoms. The van der Waals surface area contributed by atoms with E-state index >= 15 is 0 Å². The Bertz CT molecular complexity index is 1590. The van der Waals surface area contributed by atoms with E-state index in [0.29, 0.717) is 5.56 Å². The van der Waals surface area contributed by atoms with Crippen molar-refractivity contribution in [2.24, 2.45) is 9.52 Å². The average molecular weight is 591 g/mol. The van der Waals surface area contributed by atoms with Gasteiger partial charge in [-0.3, -0.25) is 4.79 Å². The first-order valence-electron chi connectivity index (χ1n) is 10.7. The second-order valence-corrected chi connectivity index (χ2v) is 11.6. The number of aryl methyl sites for hydroxylation is 1. The van der Waals surface area contributed by atoms with E-state index in [1.54, 1.807) is 0 Å². The Balaban J connectivity index is 1.66. The van der Waals surface area contributed by atoms with Crippen LogP contribution in [0, 0.1) is 18.6 Å². The highest BCUT2D eigenvalue weighted by Crippen LogP contribution is 2.50. The van der Waals surface area contributed by atoms with Crippen molar-refractivity contribution >= 4 is 44.5 Å². The Labute approximate surface area is 224 Å². The Morgan fingerprint density at radius 2 is 1.74 bits per heavy atom. The van der Waals surface area contributed by atoms with Crippen LogP contribution in [0.4, 0.5) is 22.0 Å². The number of benzene rings is 3. The maximum atomic E-state index is 14.2. The molecule has 1 heterocycles. The molecule has 1 aliphatic heterocycles. The van der Waals surface area contributed by atoms with Crippen LogP contribution < -0.4 is 0 Å². The van der Waals surface area contributed by atoms with Gasteiger partial charge in [0, 0.05) is 23.8 Å². The molecule has 1 amide bonds. The third-order valence-corrected chi connectivity index (χ3v) is 8.11. The molecule has 2 unspecified atom stereocenters. The number of rotatable bonds is 4. The van der Waals surface area contributed by atoms with Crippen LogP contribution in [0.2, 0.25) is 10.0 Å². The van der Waals surface area contributed by atoms with E-state index in [1.165, 1.54) is 43.5 Å². The molecule has 1 aliphatic rings. The third kappa shape index (κ3) is 5.14. The van der Waals surface area contributed by atoms with Gasteiger partial charge in [0.25, 0.3) is 11.5 Å². The first-order chi connectivity index (χ1) is 17.6. The van der Waals surface area contributed by atoms with Crippen LogP contribution >= 0.6 is 23.2 Å². The molecule has 5 nitrogen and oxygen atoms in total. The fourth-order valence-electron chi connectivity index (χ4n) is 3.89. The summed E-state index contributed by atoms with van der Waals surface area (Å²) in [6.07, 6.45) is -4.57. The van der Waals surface area contributed by atoms with E-state index in [2.05, 4.69) is 9.52 Å². The van der Waals surface area contributed by atoms with Crippen LogP contribution in [0.15, 0.2) is 69.0 Å². The van der Waals surface area contributed by atoms with Crippen molar-refractivity contribution in [3.63, 3.8) is 0 Å². The summed E-state index contributed by atoms with van der Waals surface area (Å²) in [7, 11) is -3.28. The lowest BCUT2D eigenvalue weighted by Crippen LogP contribution is -2.42. The Kier molecular flexibility index (Phi) is 7.32. The minimum atomic E-state index is -4.98. The van der Waals surface area contributed by atoms with Crippen molar-refractivity contribution in [3.05, 3.63) is 98.5 Å². The van der Waals surface area contributed by atoms with E-state index in [4.69, 9.17) is 28.0 Å². The zero-order valence-electron chi connectivity index (χ0n) is 19.6. The van der Waals surface area contributed by atoms with Gasteiger partial charge < -0.3 is 4.84 Å². The fraction of sp³-hybridized carbons (Fsp3) is 0.200. The van der Waals surface area contributed by atoms with Gasteiger partial charge in [-0.05, 0) is 60.5 Å². The van der Waals surface area contributed by atoms with Crippen LogP contribution in [0.1, 0.15) is 33.5 Å². The molecular weight excluding hydrogens is 574 g/mol. The summed E-state index contributed by atoms with van der Waals surface area (Å²) in [6, 6.07) is 10.5. The molecule has 200 valence electrons. The Hall–Kier alpha value is -3.02. The second-order valence-electron chi connectivity index (χ2n) is 8.57. The number of carbonyl (C=O) groups excluding carboxylic acids is 1. The average Bonchev–Trinajstić information content (AvgIpc) is 3.29. The van der Waals surface area contributed by atoms with Crippen LogP contribution in [0.3, 0.4) is 0 Å². The van der Waals surface area contributed by atoms with Gasteiger partial charge in [-0.1, -0.05) is 40.5 Å². The summed E-state index contributed by atoms with van der Waals surface area (Å²) in [5, 5.41) is 2.41. The highest BCUT2D eigenvalue weighted by Gasteiger charge is 2.62. The van der Waals surface area contributed by atoms with Crippen molar-refractivity contribution < 1.29 is 35.8 Å². The van der Waals surface area contributed by atoms with E-state index in [0.717, 1.165) is 24.3 Å². The standard InChI is InChI=1S/C25H17Cl2F5N2O3S/c1-13-8-14(6-7-18(13)23(35)34-38(2,36)17-5-3-4-16(28)11-17)21-12-24(37-33-21,25(30,31)32)15-9-19(26)22(29)20(27)10-15/h3-11H,12H2,1-2H3. The number of hydrogen-bond donors (Lipinski definition) is 0. The molecule has 0 aliphatic carbocycles. The molecule has 0 saturated carbocycles. The summed E-state index contributed by atoms with van der Waals surface area (Å²) in [4.78, 5) is 17.7. The lowest BCUT2D eigenvalue weighted by Gasteiger charge is -2.29. The van der Waals surface area contributed by atoms with Crippen molar-refractivity contribution in [1.29, 1.82) is 0 Å². The molecule has 0 saturated heterocycles. The number of halogens is 7. The predicted molar refractivity (Wildman–Crippen MR) is 133 cm³/mol. The summed E-state index contributed by atoms with van der Waals surface area (Å²) in [5.41, 5.74) is -3.04. The first-order valence-corrected chi connectivity index (χ1v) is 13.4. The second kappa shape index (κ2) is 9.94. The van der Waals surface area contributed by atoms with Gasteiger partial charge in [0.2, 0.25) is 0 Å². The number of oxime groups is 1. The summed E-state index contributed by atoms with van der Waals surface area (Å²) in [6.45, 7) is 1.51. The highest BCUT2D eigenvalue weighted by molar-refractivity contribution is 7.93. The predicted octanol–water partition coefficient (Wildman–Crippen LogP) is 7.46. The Morgan fingerprint density at radius 1 is 1.08 bits per heavy atom. The van der Waals surface area contributed by atoms with Gasteiger partial charge in [0.05, 0.1) is 30.4 Å². The molecule has 0 bridgehead atoms. The number of nitrogens with zero attached hydrogens (tertiary/aromatic N) is 2. The van der Waals surface area contributed by atoms with E-state index in [1.807, 2.05) is 0 Å². The minimum Gasteiger partial charge on any atom is -0.374 e. The van der Waals surface area contributed by atoms with E-state index in [9.17, 15) is 31.0 Å². The first kappa shape index (κ1) is 28.0. The Morgan fingerprint density at radius 3 is 2.32 bits per heavy atom. The van der Waals surface area contributed by atoms with Gasteiger partial charge in [0.1, 0.15) is 5.82 Å². The fourth-order valence-corrected chi connectivity index (χ4v) is 5.56. The van der Waals surface area contributed by atoms with Gasteiger partial charge in [-0.2, -0.15) is 17.5 Å². The van der Waals surface area contributed by atoms with Gasteiger partial charge in [0.15, 0.2) is 5.82 Å². The molecule has 0 aromatic heterocycles. The monoisotopic (exact) mass is 590 g/mol. The maximum Gasteiger partial charge on any atom is 0.435 e. The van der Waals surface area contributed by atoms with Gasteiger partial charge >= 0.3 is 6.18 Å².